The van der Waals surface area contributed by atoms with Crippen molar-refractivity contribution in [2.45, 2.75) is 19.3 Å². The summed E-state index contributed by atoms with van der Waals surface area (Å²) in [6.45, 7) is 0.927. The molecule has 4 aromatic rings. The van der Waals surface area contributed by atoms with E-state index in [0.29, 0.717) is 24.3 Å². The molecule has 0 fully saturated rings. The fourth-order valence-electron chi connectivity index (χ4n) is 4.50. The minimum absolute atomic E-state index is 0.0930. The highest BCUT2D eigenvalue weighted by Gasteiger charge is 2.39. The van der Waals surface area contributed by atoms with Gasteiger partial charge in [-0.15, -0.1) is 0 Å². The van der Waals surface area contributed by atoms with Crippen molar-refractivity contribution in [2.24, 2.45) is 0 Å². The normalized spacial score (nSPS) is 15.2. The van der Waals surface area contributed by atoms with Crippen LogP contribution in [0.5, 0.6) is 0 Å². The minimum atomic E-state index is -0.458. The molecule has 5 rings (SSSR count). The Bertz CT molecular complexity index is 1310. The Kier molecular flexibility index (Phi) is 5.79. The lowest BCUT2D eigenvalue weighted by molar-refractivity contribution is -0.384. The van der Waals surface area contributed by atoms with E-state index in [0.717, 1.165) is 16.7 Å². The molecule has 0 spiro atoms. The zero-order valence-electron chi connectivity index (χ0n) is 18.5. The van der Waals surface area contributed by atoms with Gasteiger partial charge in [-0.3, -0.25) is 14.9 Å². The molecule has 1 heterocycles. The topological polar surface area (TPSA) is 66.7 Å². The van der Waals surface area contributed by atoms with Crippen LogP contribution in [0, 0.1) is 10.1 Å². The van der Waals surface area contributed by atoms with Gasteiger partial charge in [0, 0.05) is 25.2 Å². The molecule has 0 aliphatic carbocycles. The van der Waals surface area contributed by atoms with Crippen LogP contribution in [0.2, 0.25) is 0 Å². The van der Waals surface area contributed by atoms with Crippen LogP contribution in [0.1, 0.15) is 33.2 Å². The van der Waals surface area contributed by atoms with E-state index in [1.807, 2.05) is 91.0 Å². The largest absolute Gasteiger partial charge is 0.342 e. The van der Waals surface area contributed by atoms with Crippen LogP contribution in [0.15, 0.2) is 109 Å². The van der Waals surface area contributed by atoms with E-state index in [-0.39, 0.29) is 17.8 Å². The van der Waals surface area contributed by atoms with E-state index >= 15 is 0 Å². The number of benzene rings is 4. The van der Waals surface area contributed by atoms with Gasteiger partial charge in [0.05, 0.1) is 16.2 Å². The van der Waals surface area contributed by atoms with Crippen LogP contribution >= 0.6 is 0 Å². The minimum Gasteiger partial charge on any atom is -0.342 e. The summed E-state index contributed by atoms with van der Waals surface area (Å²) in [4.78, 5) is 28.9. The molecular formula is C28H23N3O3. The van der Waals surface area contributed by atoms with Crippen LogP contribution in [-0.4, -0.2) is 15.7 Å². The molecule has 4 aromatic carbocycles. The first kappa shape index (κ1) is 21.4. The van der Waals surface area contributed by atoms with Crippen molar-refractivity contribution < 1.29 is 9.72 Å². The maximum atomic E-state index is 13.9. The van der Waals surface area contributed by atoms with Crippen LogP contribution in [0.3, 0.4) is 0 Å². The summed E-state index contributed by atoms with van der Waals surface area (Å²) in [7, 11) is 0. The first-order valence-electron chi connectivity index (χ1n) is 11.1. The summed E-state index contributed by atoms with van der Waals surface area (Å²) in [5.74, 6) is -0.222. The lowest BCUT2D eigenvalue weighted by Gasteiger charge is -2.46. The second-order valence-electron chi connectivity index (χ2n) is 8.28. The van der Waals surface area contributed by atoms with Gasteiger partial charge in [-0.05, 0) is 22.8 Å². The van der Waals surface area contributed by atoms with Crippen molar-refractivity contribution in [3.63, 3.8) is 0 Å². The number of carbonyl (C=O) groups is 1. The van der Waals surface area contributed by atoms with Crippen molar-refractivity contribution in [3.05, 3.63) is 142 Å². The lowest BCUT2D eigenvalue weighted by Crippen LogP contribution is -2.48. The van der Waals surface area contributed by atoms with Gasteiger partial charge in [0.25, 0.3) is 11.6 Å². The lowest BCUT2D eigenvalue weighted by atomic mass is 9.98. The molecule has 1 aliphatic heterocycles. The van der Waals surface area contributed by atoms with Crippen molar-refractivity contribution in [1.29, 1.82) is 0 Å². The zero-order valence-corrected chi connectivity index (χ0v) is 18.5. The number of nitrogens with zero attached hydrogens (tertiary/aromatic N) is 3. The van der Waals surface area contributed by atoms with Crippen molar-refractivity contribution in [3.8, 4) is 0 Å². The molecule has 0 saturated heterocycles. The zero-order chi connectivity index (χ0) is 23.5. The highest BCUT2D eigenvalue weighted by molar-refractivity contribution is 6.02. The van der Waals surface area contributed by atoms with Crippen molar-refractivity contribution >= 4 is 17.3 Å². The second-order valence-corrected chi connectivity index (χ2v) is 8.28. The highest BCUT2D eigenvalue weighted by Crippen LogP contribution is 2.41. The molecule has 0 radical (unpaired) electrons. The number of nitro groups is 1. The number of amides is 1. The Labute approximate surface area is 197 Å². The van der Waals surface area contributed by atoms with Gasteiger partial charge in [-0.1, -0.05) is 91.0 Å². The predicted octanol–water partition coefficient (Wildman–Crippen LogP) is 5.96. The van der Waals surface area contributed by atoms with Crippen LogP contribution in [0.4, 0.5) is 11.4 Å². The van der Waals surface area contributed by atoms with Gasteiger partial charge in [-0.25, -0.2) is 0 Å². The van der Waals surface area contributed by atoms with E-state index in [1.165, 1.54) is 12.1 Å². The molecule has 0 unspecified atom stereocenters. The Balaban J connectivity index is 1.69. The smallest absolute Gasteiger partial charge is 0.270 e. The third-order valence-corrected chi connectivity index (χ3v) is 6.07. The van der Waals surface area contributed by atoms with E-state index in [1.54, 1.807) is 11.0 Å². The summed E-state index contributed by atoms with van der Waals surface area (Å²) in [6, 6.07) is 34.3. The molecule has 0 bridgehead atoms. The Morgan fingerprint density at radius 3 is 1.79 bits per heavy atom. The third kappa shape index (κ3) is 4.13. The standard InChI is InChI=1S/C28H23N3O3/c32-28-25-18-24(31(33)34)16-17-26(25)29(19-21-10-4-1-5-11-21)27(23-14-8-3-9-15-23)30(28)20-22-12-6-2-7-13-22/h1-18,27H,19-20H2/t27-/m1/s1. The maximum absolute atomic E-state index is 13.9. The molecule has 6 nitrogen and oxygen atoms in total. The maximum Gasteiger partial charge on any atom is 0.270 e. The Morgan fingerprint density at radius 1 is 0.706 bits per heavy atom. The number of nitro benzene ring substituents is 1. The number of hydrogen-bond acceptors (Lipinski definition) is 4. The van der Waals surface area contributed by atoms with E-state index in [2.05, 4.69) is 4.90 Å². The highest BCUT2D eigenvalue weighted by atomic mass is 16.6. The first-order chi connectivity index (χ1) is 16.6. The third-order valence-electron chi connectivity index (χ3n) is 6.07. The number of fused-ring (bicyclic) bond motifs is 1. The van der Waals surface area contributed by atoms with Crippen LogP contribution < -0.4 is 4.90 Å². The predicted molar refractivity (Wildman–Crippen MR) is 131 cm³/mol. The van der Waals surface area contributed by atoms with Crippen LogP contribution in [0.25, 0.3) is 0 Å². The summed E-state index contributed by atoms with van der Waals surface area (Å²) < 4.78 is 0. The van der Waals surface area contributed by atoms with E-state index < -0.39 is 4.92 Å². The molecule has 0 N–H and O–H groups in total. The quantitative estimate of drug-likeness (QED) is 0.269. The Morgan fingerprint density at radius 2 is 1.24 bits per heavy atom. The SMILES string of the molecule is O=C1c2cc([N+](=O)[O-])ccc2N(Cc2ccccc2)[C@@H](c2ccccc2)N1Cc1ccccc1. The van der Waals surface area contributed by atoms with E-state index in [9.17, 15) is 14.9 Å². The molecule has 1 atom stereocenters. The summed E-state index contributed by atoms with van der Waals surface area (Å²) >= 11 is 0. The average molecular weight is 450 g/mol. The van der Waals surface area contributed by atoms with Crippen LogP contribution in [-0.2, 0) is 13.1 Å². The average Bonchev–Trinajstić information content (AvgIpc) is 2.88. The number of rotatable bonds is 6. The number of non-ortho nitro benzene ring substituents is 1. The summed E-state index contributed by atoms with van der Waals surface area (Å²) in [6.07, 6.45) is -0.372. The van der Waals surface area contributed by atoms with Gasteiger partial charge in [0.2, 0.25) is 0 Å². The fraction of sp³-hybridized carbons (Fsp3) is 0.107. The van der Waals surface area contributed by atoms with E-state index in [4.69, 9.17) is 0 Å². The number of carbonyl (C=O) groups excluding carboxylic acids is 1. The molecule has 0 aromatic heterocycles. The van der Waals surface area contributed by atoms with Gasteiger partial charge in [0.15, 0.2) is 0 Å². The number of hydrogen-bond donors (Lipinski definition) is 0. The number of anilines is 1. The molecule has 168 valence electrons. The van der Waals surface area contributed by atoms with Gasteiger partial charge >= 0.3 is 0 Å². The van der Waals surface area contributed by atoms with Gasteiger partial charge in [0.1, 0.15) is 6.17 Å². The second kappa shape index (κ2) is 9.19. The van der Waals surface area contributed by atoms with Gasteiger partial charge < -0.3 is 9.80 Å². The molecule has 6 heteroatoms. The summed E-state index contributed by atoms with van der Waals surface area (Å²) in [5.41, 5.74) is 3.99. The van der Waals surface area contributed by atoms with Crippen molar-refractivity contribution in [2.75, 3.05) is 4.90 Å². The monoisotopic (exact) mass is 449 g/mol. The van der Waals surface area contributed by atoms with Gasteiger partial charge in [-0.2, -0.15) is 0 Å². The van der Waals surface area contributed by atoms with Crippen molar-refractivity contribution in [1.82, 2.24) is 4.90 Å². The molecule has 34 heavy (non-hydrogen) atoms. The molecule has 1 amide bonds. The first-order valence-corrected chi connectivity index (χ1v) is 11.1. The summed E-state index contributed by atoms with van der Waals surface area (Å²) in [5, 5.41) is 11.5. The molecule has 0 saturated carbocycles. The molecule has 1 aliphatic rings. The fourth-order valence-corrected chi connectivity index (χ4v) is 4.50. The Hall–Kier alpha value is -4.45. The molecular weight excluding hydrogens is 426 g/mol.